The van der Waals surface area contributed by atoms with Crippen LogP contribution in [0.5, 0.6) is 0 Å². The second kappa shape index (κ2) is 8.12. The fourth-order valence-corrected chi connectivity index (χ4v) is 4.91. The minimum absolute atomic E-state index is 0.0614. The van der Waals surface area contributed by atoms with Gasteiger partial charge in [-0.15, -0.1) is 11.3 Å². The first-order valence-electron chi connectivity index (χ1n) is 7.13. The van der Waals surface area contributed by atoms with Crippen molar-refractivity contribution >= 4 is 21.4 Å². The third-order valence-corrected chi connectivity index (χ3v) is 6.10. The Labute approximate surface area is 126 Å². The van der Waals surface area contributed by atoms with E-state index in [1.54, 1.807) is 13.0 Å². The van der Waals surface area contributed by atoms with Crippen molar-refractivity contribution in [1.29, 1.82) is 0 Å². The predicted octanol–water partition coefficient (Wildman–Crippen LogP) is 3.19. The van der Waals surface area contributed by atoms with Gasteiger partial charge in [0.05, 0.1) is 11.5 Å². The number of unbranched alkanes of at least 4 members (excludes halogenated alkanes) is 3. The van der Waals surface area contributed by atoms with Gasteiger partial charge < -0.3 is 5.11 Å². The number of thiophene rings is 1. The summed E-state index contributed by atoms with van der Waals surface area (Å²) in [4.78, 5) is 1.70. The van der Waals surface area contributed by atoms with Gasteiger partial charge >= 0.3 is 0 Å². The summed E-state index contributed by atoms with van der Waals surface area (Å²) in [5, 5.41) is 9.08. The molecular formula is C14H25NO3S2. The minimum Gasteiger partial charge on any atom is -0.391 e. The molecule has 0 spiro atoms. The second-order valence-electron chi connectivity index (χ2n) is 5.16. The van der Waals surface area contributed by atoms with Crippen molar-refractivity contribution in [2.45, 2.75) is 70.4 Å². The summed E-state index contributed by atoms with van der Waals surface area (Å²) in [6.45, 7) is 5.71. The van der Waals surface area contributed by atoms with Gasteiger partial charge in [0.15, 0.2) is 0 Å². The number of aryl methyl sites for hydroxylation is 1. The molecule has 20 heavy (non-hydrogen) atoms. The van der Waals surface area contributed by atoms with Gasteiger partial charge in [-0.3, -0.25) is 0 Å². The van der Waals surface area contributed by atoms with Crippen LogP contribution in [0.15, 0.2) is 11.0 Å². The van der Waals surface area contributed by atoms with E-state index in [4.69, 9.17) is 5.11 Å². The summed E-state index contributed by atoms with van der Waals surface area (Å²) in [5.74, 6) is 0. The number of nitrogens with one attached hydrogen (secondary N) is 1. The van der Waals surface area contributed by atoms with Gasteiger partial charge in [0.2, 0.25) is 10.0 Å². The third-order valence-electron chi connectivity index (χ3n) is 3.22. The van der Waals surface area contributed by atoms with E-state index in [-0.39, 0.29) is 12.6 Å². The highest BCUT2D eigenvalue weighted by Crippen LogP contribution is 2.26. The average Bonchev–Trinajstić information content (AvgIpc) is 2.76. The SMILES string of the molecule is CCCCCCC(C)NS(=O)(=O)c1cc(CO)sc1C. The van der Waals surface area contributed by atoms with E-state index in [0.717, 1.165) is 24.1 Å². The first-order chi connectivity index (χ1) is 9.40. The molecule has 1 unspecified atom stereocenters. The molecule has 0 fully saturated rings. The van der Waals surface area contributed by atoms with Gasteiger partial charge in [-0.25, -0.2) is 13.1 Å². The van der Waals surface area contributed by atoms with Crippen LogP contribution < -0.4 is 4.72 Å². The van der Waals surface area contributed by atoms with Crippen molar-refractivity contribution in [3.8, 4) is 0 Å². The number of hydrogen-bond donors (Lipinski definition) is 2. The summed E-state index contributed by atoms with van der Waals surface area (Å²) in [6, 6.07) is 1.50. The van der Waals surface area contributed by atoms with Crippen molar-refractivity contribution in [3.05, 3.63) is 15.8 Å². The molecule has 6 heteroatoms. The number of sulfonamides is 1. The Bertz CT molecular complexity index is 508. The van der Waals surface area contributed by atoms with Crippen LogP contribution in [0.1, 0.15) is 55.7 Å². The highest BCUT2D eigenvalue weighted by molar-refractivity contribution is 7.89. The maximum Gasteiger partial charge on any atom is 0.241 e. The van der Waals surface area contributed by atoms with Gasteiger partial charge in [0, 0.05) is 15.8 Å². The molecule has 2 N–H and O–H groups in total. The van der Waals surface area contributed by atoms with Crippen molar-refractivity contribution < 1.29 is 13.5 Å². The Balaban J connectivity index is 2.62. The Kier molecular flexibility index (Phi) is 7.15. The van der Waals surface area contributed by atoms with E-state index in [2.05, 4.69) is 11.6 Å². The standard InChI is InChI=1S/C14H25NO3S2/c1-4-5-6-7-8-11(2)15-20(17,18)14-9-13(10-16)19-12(14)3/h9,11,15-16H,4-8,10H2,1-3H3. The lowest BCUT2D eigenvalue weighted by atomic mass is 10.1. The predicted molar refractivity (Wildman–Crippen MR) is 83.5 cm³/mol. The molecule has 0 aromatic carbocycles. The molecule has 0 aliphatic carbocycles. The summed E-state index contributed by atoms with van der Waals surface area (Å²) < 4.78 is 27.3. The average molecular weight is 319 g/mol. The molecule has 1 rings (SSSR count). The van der Waals surface area contributed by atoms with Crippen molar-refractivity contribution in [2.75, 3.05) is 0 Å². The van der Waals surface area contributed by atoms with E-state index in [1.807, 2.05) is 6.92 Å². The van der Waals surface area contributed by atoms with Crippen LogP contribution in [-0.4, -0.2) is 19.6 Å². The molecule has 4 nitrogen and oxygen atoms in total. The first-order valence-corrected chi connectivity index (χ1v) is 9.43. The molecule has 0 radical (unpaired) electrons. The van der Waals surface area contributed by atoms with Gasteiger partial charge in [-0.2, -0.15) is 0 Å². The zero-order valence-electron chi connectivity index (χ0n) is 12.5. The van der Waals surface area contributed by atoms with Gasteiger partial charge in [-0.1, -0.05) is 32.6 Å². The quantitative estimate of drug-likeness (QED) is 0.687. The molecule has 0 aliphatic heterocycles. The van der Waals surface area contributed by atoms with Gasteiger partial charge in [0.1, 0.15) is 0 Å². The van der Waals surface area contributed by atoms with Crippen LogP contribution in [0.4, 0.5) is 0 Å². The smallest absolute Gasteiger partial charge is 0.241 e. The largest absolute Gasteiger partial charge is 0.391 e. The Morgan fingerprint density at radius 2 is 2.05 bits per heavy atom. The Hall–Kier alpha value is -0.430. The normalized spacial score (nSPS) is 13.6. The monoisotopic (exact) mass is 319 g/mol. The molecule has 1 aromatic rings. The maximum atomic E-state index is 12.3. The minimum atomic E-state index is -3.47. The Morgan fingerprint density at radius 1 is 1.35 bits per heavy atom. The van der Waals surface area contributed by atoms with Crippen LogP contribution in [-0.2, 0) is 16.6 Å². The van der Waals surface area contributed by atoms with Gasteiger partial charge in [0.25, 0.3) is 0 Å². The number of aliphatic hydroxyl groups excluding tert-OH is 1. The highest BCUT2D eigenvalue weighted by Gasteiger charge is 2.21. The van der Waals surface area contributed by atoms with E-state index in [0.29, 0.717) is 9.77 Å². The molecule has 1 heterocycles. The van der Waals surface area contributed by atoms with Crippen molar-refractivity contribution in [2.24, 2.45) is 0 Å². The van der Waals surface area contributed by atoms with E-state index in [9.17, 15) is 8.42 Å². The summed E-state index contributed by atoms with van der Waals surface area (Å²) in [5.41, 5.74) is 0. The van der Waals surface area contributed by atoms with E-state index < -0.39 is 10.0 Å². The highest BCUT2D eigenvalue weighted by atomic mass is 32.2. The van der Waals surface area contributed by atoms with Crippen molar-refractivity contribution in [1.82, 2.24) is 4.72 Å². The van der Waals surface area contributed by atoms with Crippen LogP contribution >= 0.6 is 11.3 Å². The fourth-order valence-electron chi connectivity index (χ4n) is 2.13. The van der Waals surface area contributed by atoms with Crippen LogP contribution in [0.25, 0.3) is 0 Å². The molecule has 1 atom stereocenters. The summed E-state index contributed by atoms with van der Waals surface area (Å²) >= 11 is 1.32. The maximum absolute atomic E-state index is 12.3. The lowest BCUT2D eigenvalue weighted by Gasteiger charge is -2.13. The van der Waals surface area contributed by atoms with E-state index in [1.165, 1.54) is 24.2 Å². The molecule has 0 bridgehead atoms. The Morgan fingerprint density at radius 3 is 2.60 bits per heavy atom. The third kappa shape index (κ3) is 5.16. The first kappa shape index (κ1) is 17.6. The summed E-state index contributed by atoms with van der Waals surface area (Å²) in [6.07, 6.45) is 5.42. The fraction of sp³-hybridized carbons (Fsp3) is 0.714. The van der Waals surface area contributed by atoms with E-state index >= 15 is 0 Å². The molecule has 0 amide bonds. The zero-order chi connectivity index (χ0) is 15.2. The van der Waals surface area contributed by atoms with Crippen LogP contribution in [0.2, 0.25) is 0 Å². The molecule has 0 aliphatic rings. The van der Waals surface area contributed by atoms with Crippen LogP contribution in [0, 0.1) is 6.92 Å². The molecule has 116 valence electrons. The molecule has 0 saturated carbocycles. The topological polar surface area (TPSA) is 66.4 Å². The number of rotatable bonds is 9. The lowest BCUT2D eigenvalue weighted by molar-refractivity contribution is 0.285. The molecular weight excluding hydrogens is 294 g/mol. The number of hydrogen-bond acceptors (Lipinski definition) is 4. The van der Waals surface area contributed by atoms with Crippen molar-refractivity contribution in [3.63, 3.8) is 0 Å². The summed E-state index contributed by atoms with van der Waals surface area (Å²) in [7, 11) is -3.47. The van der Waals surface area contributed by atoms with Gasteiger partial charge in [-0.05, 0) is 26.3 Å². The molecule has 1 aromatic heterocycles. The zero-order valence-corrected chi connectivity index (χ0v) is 14.1. The second-order valence-corrected chi connectivity index (χ2v) is 8.19. The van der Waals surface area contributed by atoms with Crippen LogP contribution in [0.3, 0.4) is 0 Å². The number of aliphatic hydroxyl groups is 1. The lowest BCUT2D eigenvalue weighted by Crippen LogP contribution is -2.32. The molecule has 0 saturated heterocycles.